The molecule has 0 unspecified atom stereocenters. The number of benzene rings is 1. The number of nitrogens with zero attached hydrogens (tertiary/aromatic N) is 2. The van der Waals surface area contributed by atoms with E-state index in [0.29, 0.717) is 12.2 Å². The summed E-state index contributed by atoms with van der Waals surface area (Å²) in [5, 5.41) is 21.5. The van der Waals surface area contributed by atoms with Gasteiger partial charge in [0, 0.05) is 19.7 Å². The number of hydrogen-bond acceptors (Lipinski definition) is 4. The molecule has 19 heavy (non-hydrogen) atoms. The molecule has 0 aromatic heterocycles. The molecule has 5 heteroatoms. The monoisotopic (exact) mass is 264 g/mol. The number of nitro benzene ring substituents is 1. The highest BCUT2D eigenvalue weighted by molar-refractivity contribution is 5.64. The zero-order valence-electron chi connectivity index (χ0n) is 11.4. The predicted octanol–water partition coefficient (Wildman–Crippen LogP) is 2.64. The van der Waals surface area contributed by atoms with Gasteiger partial charge in [-0.15, -0.1) is 0 Å². The van der Waals surface area contributed by atoms with Crippen LogP contribution in [0.5, 0.6) is 0 Å². The van der Waals surface area contributed by atoms with E-state index in [0.717, 1.165) is 31.2 Å². The SMILES string of the molecule is Cc1ccc([N+](=O)[O-])c(N(C)CC2(O)CCCC2)c1. The smallest absolute Gasteiger partial charge is 0.292 e. The van der Waals surface area contributed by atoms with Gasteiger partial charge in [-0.3, -0.25) is 10.1 Å². The van der Waals surface area contributed by atoms with E-state index in [1.54, 1.807) is 24.1 Å². The Labute approximate surface area is 113 Å². The number of likely N-dealkylation sites (N-methyl/N-ethyl adjacent to an activating group) is 1. The van der Waals surface area contributed by atoms with Gasteiger partial charge in [-0.05, 0) is 31.4 Å². The summed E-state index contributed by atoms with van der Waals surface area (Å²) in [6.45, 7) is 2.35. The number of aliphatic hydroxyl groups is 1. The van der Waals surface area contributed by atoms with Crippen LogP contribution in [0.2, 0.25) is 0 Å². The maximum Gasteiger partial charge on any atom is 0.292 e. The highest BCUT2D eigenvalue weighted by atomic mass is 16.6. The first-order chi connectivity index (χ1) is 8.91. The third kappa shape index (κ3) is 3.04. The fourth-order valence-electron chi connectivity index (χ4n) is 2.81. The first-order valence-electron chi connectivity index (χ1n) is 6.60. The summed E-state index contributed by atoms with van der Waals surface area (Å²) in [6.07, 6.45) is 3.61. The Hall–Kier alpha value is -1.62. The van der Waals surface area contributed by atoms with Gasteiger partial charge in [-0.1, -0.05) is 18.9 Å². The molecule has 0 bridgehead atoms. The molecule has 1 aliphatic carbocycles. The normalized spacial score (nSPS) is 17.4. The number of nitro groups is 1. The number of anilines is 1. The lowest BCUT2D eigenvalue weighted by Gasteiger charge is -2.29. The minimum absolute atomic E-state index is 0.0923. The summed E-state index contributed by atoms with van der Waals surface area (Å²) < 4.78 is 0. The van der Waals surface area contributed by atoms with Gasteiger partial charge in [0.1, 0.15) is 5.69 Å². The summed E-state index contributed by atoms with van der Waals surface area (Å²) in [7, 11) is 1.80. The molecule has 0 radical (unpaired) electrons. The van der Waals surface area contributed by atoms with Crippen LogP contribution in [0.1, 0.15) is 31.2 Å². The van der Waals surface area contributed by atoms with Crippen LogP contribution >= 0.6 is 0 Å². The Kier molecular flexibility index (Phi) is 3.75. The van der Waals surface area contributed by atoms with E-state index in [1.165, 1.54) is 6.07 Å². The largest absolute Gasteiger partial charge is 0.388 e. The lowest BCUT2D eigenvalue weighted by Crippen LogP contribution is -2.39. The molecule has 0 atom stereocenters. The molecule has 104 valence electrons. The average Bonchev–Trinajstić information content (AvgIpc) is 2.75. The van der Waals surface area contributed by atoms with Crippen LogP contribution in [0.4, 0.5) is 11.4 Å². The lowest BCUT2D eigenvalue weighted by atomic mass is 10.0. The van der Waals surface area contributed by atoms with E-state index >= 15 is 0 Å². The van der Waals surface area contributed by atoms with Crippen LogP contribution in [0.3, 0.4) is 0 Å². The molecule has 1 aliphatic rings. The van der Waals surface area contributed by atoms with Gasteiger partial charge in [0.2, 0.25) is 0 Å². The van der Waals surface area contributed by atoms with Crippen molar-refractivity contribution in [2.24, 2.45) is 0 Å². The van der Waals surface area contributed by atoms with Gasteiger partial charge in [-0.25, -0.2) is 0 Å². The second-order valence-electron chi connectivity index (χ2n) is 5.54. The molecule has 1 saturated carbocycles. The highest BCUT2D eigenvalue weighted by Crippen LogP contribution is 2.34. The molecule has 2 rings (SSSR count). The predicted molar refractivity (Wildman–Crippen MR) is 74.5 cm³/mol. The molecule has 0 heterocycles. The summed E-state index contributed by atoms with van der Waals surface area (Å²) in [6, 6.07) is 5.07. The van der Waals surface area contributed by atoms with Gasteiger partial charge in [0.25, 0.3) is 5.69 Å². The van der Waals surface area contributed by atoms with Gasteiger partial charge in [-0.2, -0.15) is 0 Å². The average molecular weight is 264 g/mol. The molecule has 1 fully saturated rings. The maximum absolute atomic E-state index is 11.1. The fourth-order valence-corrected chi connectivity index (χ4v) is 2.81. The third-order valence-corrected chi connectivity index (χ3v) is 3.80. The van der Waals surface area contributed by atoms with Crippen LogP contribution in [0.15, 0.2) is 18.2 Å². The molecule has 0 saturated heterocycles. The van der Waals surface area contributed by atoms with Crippen LogP contribution in [0, 0.1) is 17.0 Å². The lowest BCUT2D eigenvalue weighted by molar-refractivity contribution is -0.384. The Balaban J connectivity index is 2.24. The van der Waals surface area contributed by atoms with Crippen molar-refractivity contribution < 1.29 is 10.0 Å². The van der Waals surface area contributed by atoms with Crippen LogP contribution in [-0.2, 0) is 0 Å². The first-order valence-corrected chi connectivity index (χ1v) is 6.60. The van der Waals surface area contributed by atoms with E-state index in [4.69, 9.17) is 0 Å². The van der Waals surface area contributed by atoms with Crippen molar-refractivity contribution >= 4 is 11.4 Å². The van der Waals surface area contributed by atoms with Crippen LogP contribution in [0.25, 0.3) is 0 Å². The second kappa shape index (κ2) is 5.17. The van der Waals surface area contributed by atoms with E-state index in [1.807, 2.05) is 6.92 Å². The first kappa shape index (κ1) is 13.8. The minimum Gasteiger partial charge on any atom is -0.388 e. The maximum atomic E-state index is 11.1. The Morgan fingerprint density at radius 1 is 1.42 bits per heavy atom. The van der Waals surface area contributed by atoms with Crippen molar-refractivity contribution in [2.75, 3.05) is 18.5 Å². The zero-order valence-corrected chi connectivity index (χ0v) is 11.4. The fraction of sp³-hybridized carbons (Fsp3) is 0.571. The zero-order chi connectivity index (χ0) is 14.0. The van der Waals surface area contributed by atoms with E-state index < -0.39 is 5.60 Å². The standard InChI is InChI=1S/C14H20N2O3/c1-11-5-6-12(16(18)19)13(9-11)15(2)10-14(17)7-3-4-8-14/h5-6,9,17H,3-4,7-8,10H2,1-2H3. The summed E-state index contributed by atoms with van der Waals surface area (Å²) in [5.41, 5.74) is 0.942. The van der Waals surface area contributed by atoms with Gasteiger partial charge in [0.15, 0.2) is 0 Å². The molecular formula is C14H20N2O3. The van der Waals surface area contributed by atoms with Gasteiger partial charge < -0.3 is 10.0 Å². The van der Waals surface area contributed by atoms with Crippen LogP contribution in [-0.4, -0.2) is 29.2 Å². The highest BCUT2D eigenvalue weighted by Gasteiger charge is 2.33. The van der Waals surface area contributed by atoms with E-state index in [-0.39, 0.29) is 10.6 Å². The molecule has 1 aromatic carbocycles. The summed E-state index contributed by atoms with van der Waals surface area (Å²) in [4.78, 5) is 12.5. The van der Waals surface area contributed by atoms with Crippen molar-refractivity contribution in [3.63, 3.8) is 0 Å². The van der Waals surface area contributed by atoms with Crippen molar-refractivity contribution in [3.8, 4) is 0 Å². The molecular weight excluding hydrogens is 244 g/mol. The summed E-state index contributed by atoms with van der Waals surface area (Å²) >= 11 is 0. The Morgan fingerprint density at radius 3 is 2.63 bits per heavy atom. The van der Waals surface area contributed by atoms with E-state index in [2.05, 4.69) is 0 Å². The molecule has 1 N–H and O–H groups in total. The topological polar surface area (TPSA) is 66.6 Å². The van der Waals surface area contributed by atoms with Crippen molar-refractivity contribution in [2.45, 2.75) is 38.2 Å². The second-order valence-corrected chi connectivity index (χ2v) is 5.54. The van der Waals surface area contributed by atoms with E-state index in [9.17, 15) is 15.2 Å². The molecule has 0 aliphatic heterocycles. The molecule has 1 aromatic rings. The van der Waals surface area contributed by atoms with Crippen molar-refractivity contribution in [1.29, 1.82) is 0 Å². The number of rotatable bonds is 4. The Morgan fingerprint density at radius 2 is 2.05 bits per heavy atom. The molecule has 5 nitrogen and oxygen atoms in total. The van der Waals surface area contributed by atoms with Gasteiger partial charge in [0.05, 0.1) is 10.5 Å². The molecule has 0 amide bonds. The van der Waals surface area contributed by atoms with Crippen molar-refractivity contribution in [3.05, 3.63) is 33.9 Å². The van der Waals surface area contributed by atoms with Gasteiger partial charge >= 0.3 is 0 Å². The third-order valence-electron chi connectivity index (χ3n) is 3.80. The number of aryl methyl sites for hydroxylation is 1. The number of hydrogen-bond donors (Lipinski definition) is 1. The quantitative estimate of drug-likeness (QED) is 0.670. The summed E-state index contributed by atoms with van der Waals surface area (Å²) in [5.74, 6) is 0. The molecule has 0 spiro atoms. The Bertz CT molecular complexity index is 482. The minimum atomic E-state index is -0.702. The van der Waals surface area contributed by atoms with Crippen molar-refractivity contribution in [1.82, 2.24) is 0 Å². The van der Waals surface area contributed by atoms with Crippen LogP contribution < -0.4 is 4.90 Å².